The fourth-order valence-electron chi connectivity index (χ4n) is 3.73. The molecule has 0 spiro atoms. The largest absolute Gasteiger partial charge is 0.467 e. The van der Waals surface area contributed by atoms with Gasteiger partial charge in [0.25, 0.3) is 5.91 Å². The molecule has 172 valence electrons. The third-order valence-corrected chi connectivity index (χ3v) is 6.51. The van der Waals surface area contributed by atoms with Crippen molar-refractivity contribution >= 4 is 35.0 Å². The van der Waals surface area contributed by atoms with Crippen molar-refractivity contribution in [2.24, 2.45) is 5.10 Å². The Morgan fingerprint density at radius 1 is 1.15 bits per heavy atom. The van der Waals surface area contributed by atoms with Crippen LogP contribution in [0, 0.1) is 0 Å². The number of furan rings is 2. The lowest BCUT2D eigenvalue weighted by molar-refractivity contribution is -0.130. The number of thioether (sulfide) groups is 1. The van der Waals surface area contributed by atoms with Gasteiger partial charge in [0.05, 0.1) is 24.0 Å². The number of hydrazone groups is 1. The lowest BCUT2D eigenvalue weighted by Gasteiger charge is -2.19. The zero-order valence-electron chi connectivity index (χ0n) is 18.0. The second kappa shape index (κ2) is 9.74. The summed E-state index contributed by atoms with van der Waals surface area (Å²) in [6.07, 6.45) is 5.47. The monoisotopic (exact) mass is 493 g/mol. The van der Waals surface area contributed by atoms with Gasteiger partial charge < -0.3 is 8.83 Å². The highest BCUT2D eigenvalue weighted by Gasteiger charge is 2.35. The highest BCUT2D eigenvalue weighted by atomic mass is 35.5. The van der Waals surface area contributed by atoms with E-state index >= 15 is 0 Å². The van der Waals surface area contributed by atoms with E-state index in [-0.39, 0.29) is 17.7 Å². The molecule has 3 aromatic heterocycles. The van der Waals surface area contributed by atoms with Crippen LogP contribution < -0.4 is 0 Å². The quantitative estimate of drug-likeness (QED) is 0.240. The number of hydrogen-bond acceptors (Lipinski definition) is 7. The Hall–Kier alpha value is -3.56. The van der Waals surface area contributed by atoms with Crippen LogP contribution in [-0.2, 0) is 11.3 Å². The van der Waals surface area contributed by atoms with Gasteiger partial charge in [0.1, 0.15) is 11.8 Å². The van der Waals surface area contributed by atoms with Crippen LogP contribution in [-0.4, -0.2) is 37.1 Å². The molecule has 1 amide bonds. The minimum absolute atomic E-state index is 0.127. The predicted octanol–water partition coefficient (Wildman–Crippen LogP) is 5.44. The molecule has 0 radical (unpaired) electrons. The van der Waals surface area contributed by atoms with Crippen molar-refractivity contribution in [2.45, 2.75) is 24.2 Å². The molecule has 1 unspecified atom stereocenters. The second-order valence-electron chi connectivity index (χ2n) is 7.50. The Bertz CT molecular complexity index is 1310. The predicted molar refractivity (Wildman–Crippen MR) is 130 cm³/mol. The van der Waals surface area contributed by atoms with E-state index in [2.05, 4.69) is 21.9 Å². The summed E-state index contributed by atoms with van der Waals surface area (Å²) in [5, 5.41) is 15.9. The van der Waals surface area contributed by atoms with E-state index in [1.54, 1.807) is 30.7 Å². The van der Waals surface area contributed by atoms with E-state index in [1.807, 2.05) is 41.0 Å². The Morgan fingerprint density at radius 2 is 1.94 bits per heavy atom. The van der Waals surface area contributed by atoms with E-state index in [1.165, 1.54) is 16.8 Å². The number of nitrogens with zero attached hydrogens (tertiary/aromatic N) is 5. The molecule has 0 fully saturated rings. The third kappa shape index (κ3) is 4.44. The molecule has 0 bridgehead atoms. The first-order valence-corrected chi connectivity index (χ1v) is 11.9. The lowest BCUT2D eigenvalue weighted by atomic mass is 10.0. The zero-order chi connectivity index (χ0) is 23.5. The van der Waals surface area contributed by atoms with Gasteiger partial charge in [-0.15, -0.1) is 16.8 Å². The Kier molecular flexibility index (Phi) is 6.37. The van der Waals surface area contributed by atoms with Gasteiger partial charge >= 0.3 is 0 Å². The van der Waals surface area contributed by atoms with Gasteiger partial charge in [-0.05, 0) is 42.0 Å². The van der Waals surface area contributed by atoms with E-state index in [0.29, 0.717) is 40.5 Å². The number of amides is 1. The number of carbonyl (C=O) groups is 1. The van der Waals surface area contributed by atoms with Gasteiger partial charge in [-0.1, -0.05) is 41.6 Å². The molecule has 4 aromatic rings. The average molecular weight is 494 g/mol. The van der Waals surface area contributed by atoms with Crippen LogP contribution in [0.5, 0.6) is 0 Å². The van der Waals surface area contributed by atoms with E-state index in [4.69, 9.17) is 20.4 Å². The standard InChI is InChI=1S/C24H20ClN5O3S/c1-2-11-29-23(21-6-4-13-33-21)26-27-24(29)34-15-22(31)30-19(20-5-3-12-32-20)14-18(28-30)16-7-9-17(25)10-8-16/h2-10,12-13,19H,1,11,14-15H2. The van der Waals surface area contributed by atoms with Crippen molar-refractivity contribution in [1.29, 1.82) is 0 Å². The number of allylic oxidation sites excluding steroid dienone is 1. The first kappa shape index (κ1) is 22.2. The molecular weight excluding hydrogens is 474 g/mol. The molecule has 10 heteroatoms. The molecule has 1 atom stereocenters. The first-order chi connectivity index (χ1) is 16.6. The van der Waals surface area contributed by atoms with E-state index < -0.39 is 0 Å². The maximum Gasteiger partial charge on any atom is 0.253 e. The van der Waals surface area contributed by atoms with Gasteiger partial charge in [-0.25, -0.2) is 5.01 Å². The summed E-state index contributed by atoms with van der Waals surface area (Å²) < 4.78 is 12.9. The van der Waals surface area contributed by atoms with Crippen molar-refractivity contribution in [3.8, 4) is 11.6 Å². The summed E-state index contributed by atoms with van der Waals surface area (Å²) in [5.74, 6) is 1.82. The lowest BCUT2D eigenvalue weighted by Crippen LogP contribution is -2.28. The van der Waals surface area contributed by atoms with Crippen LogP contribution in [0.2, 0.25) is 5.02 Å². The molecular formula is C24H20ClN5O3S. The first-order valence-electron chi connectivity index (χ1n) is 10.5. The van der Waals surface area contributed by atoms with Crippen molar-refractivity contribution in [3.05, 3.63) is 90.1 Å². The summed E-state index contributed by atoms with van der Waals surface area (Å²) in [6, 6.07) is 14.4. The number of carbonyl (C=O) groups excluding carboxylic acids is 1. The van der Waals surface area contributed by atoms with Gasteiger partial charge in [0, 0.05) is 18.0 Å². The van der Waals surface area contributed by atoms with Gasteiger partial charge in [-0.3, -0.25) is 9.36 Å². The Balaban J connectivity index is 1.37. The summed E-state index contributed by atoms with van der Waals surface area (Å²) in [5.41, 5.74) is 1.71. The van der Waals surface area contributed by atoms with Crippen LogP contribution in [0.15, 0.2) is 92.8 Å². The van der Waals surface area contributed by atoms with Crippen LogP contribution in [0.3, 0.4) is 0 Å². The third-order valence-electron chi connectivity index (χ3n) is 5.31. The number of halogens is 1. The Labute approximate surface area is 204 Å². The molecule has 0 N–H and O–H groups in total. The van der Waals surface area contributed by atoms with Crippen LogP contribution in [0.4, 0.5) is 0 Å². The minimum atomic E-state index is -0.321. The van der Waals surface area contributed by atoms with Crippen molar-refractivity contribution in [3.63, 3.8) is 0 Å². The maximum atomic E-state index is 13.3. The molecule has 1 aromatic carbocycles. The fraction of sp³-hybridized carbons (Fsp3) is 0.167. The topological polar surface area (TPSA) is 89.7 Å². The smallest absolute Gasteiger partial charge is 0.253 e. The zero-order valence-corrected chi connectivity index (χ0v) is 19.6. The maximum absolute atomic E-state index is 13.3. The number of benzene rings is 1. The molecule has 0 aliphatic carbocycles. The molecule has 5 rings (SSSR count). The molecule has 0 saturated carbocycles. The van der Waals surface area contributed by atoms with Crippen LogP contribution in [0.1, 0.15) is 23.8 Å². The molecule has 0 saturated heterocycles. The van der Waals surface area contributed by atoms with Gasteiger partial charge in [0.2, 0.25) is 5.82 Å². The molecule has 1 aliphatic heterocycles. The average Bonchev–Trinajstić information content (AvgIpc) is 3.65. The van der Waals surface area contributed by atoms with Crippen molar-refractivity contribution < 1.29 is 13.6 Å². The van der Waals surface area contributed by atoms with Gasteiger partial charge in [-0.2, -0.15) is 5.10 Å². The highest BCUT2D eigenvalue weighted by molar-refractivity contribution is 7.99. The van der Waals surface area contributed by atoms with E-state index in [0.717, 1.165) is 11.3 Å². The second-order valence-corrected chi connectivity index (χ2v) is 8.88. The number of hydrogen-bond donors (Lipinski definition) is 0. The normalized spacial score (nSPS) is 15.5. The fourth-order valence-corrected chi connectivity index (χ4v) is 4.66. The SMILES string of the molecule is C=CCn1c(SCC(=O)N2N=C(c3ccc(Cl)cc3)CC2c2ccco2)nnc1-c1ccco1. The summed E-state index contributed by atoms with van der Waals surface area (Å²) in [4.78, 5) is 13.3. The highest BCUT2D eigenvalue weighted by Crippen LogP contribution is 2.34. The van der Waals surface area contributed by atoms with Gasteiger partial charge in [0.15, 0.2) is 10.9 Å². The molecule has 4 heterocycles. The van der Waals surface area contributed by atoms with E-state index in [9.17, 15) is 4.79 Å². The van der Waals surface area contributed by atoms with Crippen molar-refractivity contribution in [2.75, 3.05) is 5.75 Å². The van der Waals surface area contributed by atoms with Crippen LogP contribution >= 0.6 is 23.4 Å². The number of aromatic nitrogens is 3. The molecule has 1 aliphatic rings. The number of rotatable bonds is 8. The summed E-state index contributed by atoms with van der Waals surface area (Å²) in [6.45, 7) is 4.29. The molecule has 34 heavy (non-hydrogen) atoms. The Morgan fingerprint density at radius 3 is 2.65 bits per heavy atom. The van der Waals surface area contributed by atoms with Crippen molar-refractivity contribution in [1.82, 2.24) is 19.8 Å². The van der Waals surface area contributed by atoms with Crippen LogP contribution in [0.25, 0.3) is 11.6 Å². The minimum Gasteiger partial charge on any atom is -0.467 e. The summed E-state index contributed by atoms with van der Waals surface area (Å²) >= 11 is 7.32. The molecule has 8 nitrogen and oxygen atoms in total. The summed E-state index contributed by atoms with van der Waals surface area (Å²) in [7, 11) is 0.